The van der Waals surface area contributed by atoms with Crippen molar-refractivity contribution in [1.82, 2.24) is 15.1 Å². The van der Waals surface area contributed by atoms with Gasteiger partial charge in [-0.1, -0.05) is 12.1 Å². The summed E-state index contributed by atoms with van der Waals surface area (Å²) in [5, 5.41) is 3.35. The van der Waals surface area contributed by atoms with E-state index in [0.717, 1.165) is 18.4 Å². The normalized spacial score (nSPS) is 14.6. The fourth-order valence-corrected chi connectivity index (χ4v) is 1.91. The summed E-state index contributed by atoms with van der Waals surface area (Å²) in [6, 6.07) is 6.86. The van der Waals surface area contributed by atoms with Crippen molar-refractivity contribution in [2.45, 2.75) is 25.4 Å². The molecule has 0 aromatic heterocycles. The van der Waals surface area contributed by atoms with Gasteiger partial charge in [-0.25, -0.2) is 9.38 Å². The quantitative estimate of drug-likeness (QED) is 0.662. The van der Waals surface area contributed by atoms with Gasteiger partial charge in [0.15, 0.2) is 5.96 Å². The minimum atomic E-state index is -0.243. The monoisotopic (exact) mass is 306 g/mol. The molecular formula is C16H23FN4O. The second kappa shape index (κ2) is 7.24. The van der Waals surface area contributed by atoms with E-state index in [1.807, 2.05) is 11.9 Å². The van der Waals surface area contributed by atoms with Crippen LogP contribution in [-0.2, 0) is 11.3 Å². The van der Waals surface area contributed by atoms with Crippen molar-refractivity contribution in [2.75, 3.05) is 27.7 Å². The van der Waals surface area contributed by atoms with Crippen LogP contribution < -0.4 is 5.32 Å². The molecule has 0 radical (unpaired) electrons. The molecule has 2 rings (SSSR count). The number of carbonyl (C=O) groups is 1. The number of likely N-dealkylation sites (N-methyl/N-ethyl adjacent to an activating group) is 1. The summed E-state index contributed by atoms with van der Waals surface area (Å²) in [5.41, 5.74) is 0.994. The van der Waals surface area contributed by atoms with E-state index in [0.29, 0.717) is 18.5 Å². The van der Waals surface area contributed by atoms with Gasteiger partial charge in [0.1, 0.15) is 12.4 Å². The van der Waals surface area contributed by atoms with Gasteiger partial charge in [0.25, 0.3) is 0 Å². The Morgan fingerprint density at radius 2 is 1.91 bits per heavy atom. The Kier molecular flexibility index (Phi) is 5.35. The van der Waals surface area contributed by atoms with Gasteiger partial charge in [-0.3, -0.25) is 4.79 Å². The number of guanidine groups is 1. The maximum Gasteiger partial charge on any atom is 0.243 e. The van der Waals surface area contributed by atoms with Crippen LogP contribution in [0.15, 0.2) is 29.3 Å². The van der Waals surface area contributed by atoms with E-state index in [2.05, 4.69) is 10.3 Å². The highest BCUT2D eigenvalue weighted by molar-refractivity contribution is 5.85. The molecule has 1 aliphatic rings. The molecule has 1 aromatic rings. The summed E-state index contributed by atoms with van der Waals surface area (Å²) in [5.74, 6) is 0.431. The van der Waals surface area contributed by atoms with E-state index in [4.69, 9.17) is 0 Å². The van der Waals surface area contributed by atoms with Crippen molar-refractivity contribution in [1.29, 1.82) is 0 Å². The van der Waals surface area contributed by atoms with Crippen molar-refractivity contribution in [3.05, 3.63) is 35.6 Å². The van der Waals surface area contributed by atoms with Crippen molar-refractivity contribution in [3.8, 4) is 0 Å². The number of nitrogens with one attached hydrogen (secondary N) is 1. The lowest BCUT2D eigenvalue weighted by Crippen LogP contribution is -2.40. The predicted octanol–water partition coefficient (Wildman–Crippen LogP) is 1.45. The van der Waals surface area contributed by atoms with Crippen LogP contribution in [0.25, 0.3) is 0 Å². The van der Waals surface area contributed by atoms with Crippen LogP contribution in [0.5, 0.6) is 0 Å². The number of halogens is 1. The zero-order chi connectivity index (χ0) is 16.1. The molecule has 0 aliphatic heterocycles. The summed E-state index contributed by atoms with van der Waals surface area (Å²) >= 11 is 0. The Morgan fingerprint density at radius 1 is 1.27 bits per heavy atom. The molecule has 0 spiro atoms. The standard InChI is InChI=1S/C16H23FN4O/c1-20(2)15(22)10-18-16(19-14-8-9-14)21(3)11-12-4-6-13(17)7-5-12/h4-7,14H,8-11H2,1-3H3,(H,18,19). The van der Waals surface area contributed by atoms with E-state index >= 15 is 0 Å². The van der Waals surface area contributed by atoms with Crippen molar-refractivity contribution in [3.63, 3.8) is 0 Å². The van der Waals surface area contributed by atoms with Crippen LogP contribution in [0.2, 0.25) is 0 Å². The third kappa shape index (κ3) is 5.02. The number of benzene rings is 1. The highest BCUT2D eigenvalue weighted by Gasteiger charge is 2.24. The Hall–Kier alpha value is -2.11. The van der Waals surface area contributed by atoms with Crippen LogP contribution in [-0.4, -0.2) is 55.4 Å². The van der Waals surface area contributed by atoms with Gasteiger partial charge < -0.3 is 15.1 Å². The van der Waals surface area contributed by atoms with Gasteiger partial charge in [-0.05, 0) is 30.5 Å². The molecule has 0 unspecified atom stereocenters. The van der Waals surface area contributed by atoms with Crippen molar-refractivity contribution < 1.29 is 9.18 Å². The summed E-state index contributed by atoms with van der Waals surface area (Å²) in [6.07, 6.45) is 2.26. The molecule has 1 fully saturated rings. The van der Waals surface area contributed by atoms with E-state index in [1.54, 1.807) is 26.2 Å². The molecule has 0 saturated heterocycles. The second-order valence-corrected chi connectivity index (χ2v) is 5.83. The maximum absolute atomic E-state index is 13.0. The SMILES string of the molecule is CN(C)C(=O)CN=C(NC1CC1)N(C)Cc1ccc(F)cc1. The van der Waals surface area contributed by atoms with E-state index in [9.17, 15) is 9.18 Å². The molecular weight excluding hydrogens is 283 g/mol. The molecule has 1 amide bonds. The maximum atomic E-state index is 13.0. The number of hydrogen-bond acceptors (Lipinski definition) is 2. The number of amides is 1. The van der Waals surface area contributed by atoms with Crippen LogP contribution in [0.3, 0.4) is 0 Å². The molecule has 5 nitrogen and oxygen atoms in total. The smallest absolute Gasteiger partial charge is 0.243 e. The molecule has 1 N–H and O–H groups in total. The number of carbonyl (C=O) groups excluding carboxylic acids is 1. The molecule has 0 heterocycles. The van der Waals surface area contributed by atoms with Gasteiger partial charge in [0, 0.05) is 33.7 Å². The van der Waals surface area contributed by atoms with Gasteiger partial charge >= 0.3 is 0 Å². The average molecular weight is 306 g/mol. The summed E-state index contributed by atoms with van der Waals surface area (Å²) < 4.78 is 13.0. The van der Waals surface area contributed by atoms with Gasteiger partial charge in [-0.2, -0.15) is 0 Å². The third-order valence-electron chi connectivity index (χ3n) is 3.47. The summed E-state index contributed by atoms with van der Waals surface area (Å²) in [7, 11) is 5.35. The average Bonchev–Trinajstić information content (AvgIpc) is 3.29. The highest BCUT2D eigenvalue weighted by Crippen LogP contribution is 2.19. The Balaban J connectivity index is 2.01. The third-order valence-corrected chi connectivity index (χ3v) is 3.47. The topological polar surface area (TPSA) is 47.9 Å². The number of rotatable bonds is 5. The summed E-state index contributed by atoms with van der Waals surface area (Å²) in [6.45, 7) is 0.727. The van der Waals surface area contributed by atoms with E-state index < -0.39 is 0 Å². The van der Waals surface area contributed by atoms with E-state index in [-0.39, 0.29) is 18.3 Å². The Bertz CT molecular complexity index is 538. The first-order valence-corrected chi connectivity index (χ1v) is 7.42. The number of nitrogens with zero attached hydrogens (tertiary/aromatic N) is 3. The van der Waals surface area contributed by atoms with Crippen LogP contribution >= 0.6 is 0 Å². The van der Waals surface area contributed by atoms with Crippen molar-refractivity contribution in [2.24, 2.45) is 4.99 Å². The largest absolute Gasteiger partial charge is 0.353 e. The lowest BCUT2D eigenvalue weighted by atomic mass is 10.2. The lowest BCUT2D eigenvalue weighted by molar-refractivity contribution is -0.127. The summed E-state index contributed by atoms with van der Waals surface area (Å²) in [4.78, 5) is 19.6. The van der Waals surface area contributed by atoms with Crippen LogP contribution in [0.4, 0.5) is 4.39 Å². The molecule has 6 heteroatoms. The van der Waals surface area contributed by atoms with Crippen molar-refractivity contribution >= 4 is 11.9 Å². The molecule has 1 saturated carbocycles. The van der Waals surface area contributed by atoms with Gasteiger partial charge in [0.05, 0.1) is 0 Å². The Labute approximate surface area is 130 Å². The zero-order valence-electron chi connectivity index (χ0n) is 13.3. The molecule has 22 heavy (non-hydrogen) atoms. The first-order chi connectivity index (χ1) is 10.5. The molecule has 1 aromatic carbocycles. The predicted molar refractivity (Wildman–Crippen MR) is 85.0 cm³/mol. The molecule has 120 valence electrons. The zero-order valence-corrected chi connectivity index (χ0v) is 13.3. The lowest BCUT2D eigenvalue weighted by Gasteiger charge is -2.23. The molecule has 1 aliphatic carbocycles. The minimum absolute atomic E-state index is 0.0368. The van der Waals surface area contributed by atoms with Gasteiger partial charge in [-0.15, -0.1) is 0 Å². The van der Waals surface area contributed by atoms with Crippen LogP contribution in [0, 0.1) is 5.82 Å². The first kappa shape index (κ1) is 16.3. The van der Waals surface area contributed by atoms with Crippen LogP contribution in [0.1, 0.15) is 18.4 Å². The molecule has 0 atom stereocenters. The van der Waals surface area contributed by atoms with E-state index in [1.165, 1.54) is 17.0 Å². The highest BCUT2D eigenvalue weighted by atomic mass is 19.1. The Morgan fingerprint density at radius 3 is 2.45 bits per heavy atom. The fraction of sp³-hybridized carbons (Fsp3) is 0.500. The fourth-order valence-electron chi connectivity index (χ4n) is 1.91. The minimum Gasteiger partial charge on any atom is -0.353 e. The van der Waals surface area contributed by atoms with Gasteiger partial charge in [0.2, 0.25) is 5.91 Å². The second-order valence-electron chi connectivity index (χ2n) is 5.83. The number of aliphatic imine (C=N–C) groups is 1. The molecule has 0 bridgehead atoms. The number of hydrogen-bond donors (Lipinski definition) is 1. The first-order valence-electron chi connectivity index (χ1n) is 7.42.